The maximum atomic E-state index is 9.02. The molecule has 0 spiro atoms. The highest BCUT2D eigenvalue weighted by atomic mass is 16.5. The van der Waals surface area contributed by atoms with E-state index >= 15 is 0 Å². The van der Waals surface area contributed by atoms with Crippen LogP contribution in [0.4, 0.5) is 0 Å². The van der Waals surface area contributed by atoms with Crippen LogP contribution in [0.15, 0.2) is 0 Å². The molecule has 3 heteroatoms. The lowest BCUT2D eigenvalue weighted by Gasteiger charge is -2.21. The van der Waals surface area contributed by atoms with Crippen LogP contribution >= 0.6 is 0 Å². The minimum atomic E-state index is -1.64. The molecule has 0 saturated heterocycles. The first-order valence-electron chi connectivity index (χ1n) is 3.04. The average Bonchev–Trinajstić information content (AvgIpc) is 2.08. The van der Waals surface area contributed by atoms with Crippen molar-refractivity contribution in [3.63, 3.8) is 0 Å². The quantitative estimate of drug-likeness (QED) is 0.411. The molecule has 1 atom stereocenters. The van der Waals surface area contributed by atoms with Crippen LogP contribution in [0, 0.1) is 12.3 Å². The zero-order valence-electron chi connectivity index (χ0n) is 5.12. The summed E-state index contributed by atoms with van der Waals surface area (Å²) in [6.07, 6.45) is 2.66. The van der Waals surface area contributed by atoms with Crippen LogP contribution in [-0.2, 0) is 0 Å². The lowest BCUT2D eigenvalue weighted by molar-refractivity contribution is -0.190. The Balaban J connectivity index is 2.52. The molecule has 0 aromatic rings. The highest BCUT2D eigenvalue weighted by Gasteiger charge is 2.38. The molecule has 0 aromatic carbocycles. The van der Waals surface area contributed by atoms with Gasteiger partial charge in [0.15, 0.2) is 5.79 Å². The van der Waals surface area contributed by atoms with Crippen molar-refractivity contribution in [2.75, 3.05) is 6.61 Å². The van der Waals surface area contributed by atoms with Gasteiger partial charge in [-0.3, -0.25) is 0 Å². The Hall–Kier alpha value is -0.120. The van der Waals surface area contributed by atoms with Crippen LogP contribution in [0.3, 0.4) is 0 Å². The number of rotatable bonds is 1. The van der Waals surface area contributed by atoms with Crippen molar-refractivity contribution in [1.82, 2.24) is 0 Å². The van der Waals surface area contributed by atoms with E-state index in [1.165, 1.54) is 0 Å². The molecule has 3 N–H and O–H groups in total. The van der Waals surface area contributed by atoms with E-state index < -0.39 is 5.79 Å². The molecule has 3 nitrogen and oxygen atoms in total. The van der Waals surface area contributed by atoms with E-state index in [4.69, 9.17) is 15.3 Å². The molecule has 0 amide bonds. The number of hydrogen-bond acceptors (Lipinski definition) is 3. The molecular weight excluding hydrogens is 120 g/mol. The van der Waals surface area contributed by atoms with E-state index in [1.807, 2.05) is 0 Å². The van der Waals surface area contributed by atoms with Gasteiger partial charge in [-0.2, -0.15) is 0 Å². The molecule has 1 aliphatic rings. The molecule has 1 fully saturated rings. The Bertz CT molecular complexity index is 100. The van der Waals surface area contributed by atoms with Crippen molar-refractivity contribution in [2.24, 2.45) is 5.92 Å². The first-order chi connectivity index (χ1) is 4.17. The Morgan fingerprint density at radius 1 is 1.56 bits per heavy atom. The molecule has 9 heavy (non-hydrogen) atoms. The molecule has 1 aliphatic carbocycles. The van der Waals surface area contributed by atoms with Gasteiger partial charge in [-0.1, -0.05) is 0 Å². The van der Waals surface area contributed by atoms with Crippen LogP contribution in [-0.4, -0.2) is 27.7 Å². The highest BCUT2D eigenvalue weighted by molar-refractivity contribution is 4.92. The predicted molar refractivity (Wildman–Crippen MR) is 31.3 cm³/mol. The molecule has 0 heterocycles. The normalized spacial score (nSPS) is 33.0. The van der Waals surface area contributed by atoms with Crippen molar-refractivity contribution >= 4 is 0 Å². The first kappa shape index (κ1) is 6.99. The smallest absolute Gasteiger partial charge is 0.167 e. The van der Waals surface area contributed by atoms with E-state index in [0.29, 0.717) is 6.42 Å². The van der Waals surface area contributed by atoms with Gasteiger partial charge in [0.2, 0.25) is 0 Å². The second-order valence-corrected chi connectivity index (χ2v) is 2.49. The third kappa shape index (κ3) is 1.23. The molecule has 0 aromatic heterocycles. The van der Waals surface area contributed by atoms with Crippen LogP contribution in [0.5, 0.6) is 0 Å². The maximum Gasteiger partial charge on any atom is 0.167 e. The van der Waals surface area contributed by atoms with Gasteiger partial charge in [-0.25, -0.2) is 0 Å². The second kappa shape index (κ2) is 2.25. The summed E-state index contributed by atoms with van der Waals surface area (Å²) in [5.74, 6) is -2.02. The van der Waals surface area contributed by atoms with Crippen molar-refractivity contribution in [2.45, 2.75) is 18.6 Å². The minimum Gasteiger partial charge on any atom is -0.396 e. The van der Waals surface area contributed by atoms with Gasteiger partial charge >= 0.3 is 0 Å². The zero-order chi connectivity index (χ0) is 6.91. The van der Waals surface area contributed by atoms with E-state index in [2.05, 4.69) is 0 Å². The van der Waals surface area contributed by atoms with Gasteiger partial charge in [-0.15, -0.1) is 0 Å². The molecule has 1 radical (unpaired) electrons. The second-order valence-electron chi connectivity index (χ2n) is 2.49. The van der Waals surface area contributed by atoms with Gasteiger partial charge in [0.05, 0.1) is 6.61 Å². The molecular formula is C6H11O3. The van der Waals surface area contributed by atoms with E-state index in [0.717, 1.165) is 0 Å². The van der Waals surface area contributed by atoms with Crippen LogP contribution in [0.1, 0.15) is 12.8 Å². The summed E-state index contributed by atoms with van der Waals surface area (Å²) < 4.78 is 0. The predicted octanol–water partition coefficient (Wildman–Crippen LogP) is -0.726. The van der Waals surface area contributed by atoms with Crippen LogP contribution in [0.25, 0.3) is 0 Å². The third-order valence-electron chi connectivity index (χ3n) is 1.77. The van der Waals surface area contributed by atoms with Gasteiger partial charge in [-0.05, 0) is 12.8 Å². The summed E-state index contributed by atoms with van der Waals surface area (Å²) in [7, 11) is 0. The van der Waals surface area contributed by atoms with E-state index in [9.17, 15) is 0 Å². The number of aliphatic hydroxyl groups excluding tert-OH is 1. The maximum absolute atomic E-state index is 9.02. The molecule has 1 rings (SSSR count). The zero-order valence-corrected chi connectivity index (χ0v) is 5.12. The van der Waals surface area contributed by atoms with Crippen molar-refractivity contribution in [3.05, 3.63) is 6.42 Å². The summed E-state index contributed by atoms with van der Waals surface area (Å²) in [5, 5.41) is 26.6. The Morgan fingerprint density at radius 3 is 2.44 bits per heavy atom. The largest absolute Gasteiger partial charge is 0.396 e. The van der Waals surface area contributed by atoms with Crippen LogP contribution in [0.2, 0.25) is 0 Å². The van der Waals surface area contributed by atoms with Gasteiger partial charge < -0.3 is 15.3 Å². The van der Waals surface area contributed by atoms with Crippen molar-refractivity contribution in [3.8, 4) is 0 Å². The van der Waals surface area contributed by atoms with Gasteiger partial charge in [0, 0.05) is 12.3 Å². The summed E-state index contributed by atoms with van der Waals surface area (Å²) in [4.78, 5) is 0. The summed E-state index contributed by atoms with van der Waals surface area (Å²) in [6.45, 7) is -0.149. The topological polar surface area (TPSA) is 60.7 Å². The monoisotopic (exact) mass is 131 g/mol. The van der Waals surface area contributed by atoms with E-state index in [1.54, 1.807) is 6.42 Å². The van der Waals surface area contributed by atoms with E-state index in [-0.39, 0.29) is 18.9 Å². The Morgan fingerprint density at radius 2 is 2.22 bits per heavy atom. The first-order valence-corrected chi connectivity index (χ1v) is 3.04. The standard InChI is InChI=1S/C6H11O3/c7-4-5-2-1-3-6(5,8)9/h1,5,7-9H,2-4H2. The lowest BCUT2D eigenvalue weighted by Crippen LogP contribution is -2.34. The molecule has 0 aliphatic heterocycles. The molecule has 1 unspecified atom stereocenters. The SMILES string of the molecule is OCC1C[CH]CC1(O)O. The highest BCUT2D eigenvalue weighted by Crippen LogP contribution is 2.31. The molecule has 1 saturated carbocycles. The average molecular weight is 131 g/mol. The summed E-state index contributed by atoms with van der Waals surface area (Å²) >= 11 is 0. The number of aliphatic hydroxyl groups is 3. The number of hydrogen-bond donors (Lipinski definition) is 3. The minimum absolute atomic E-state index is 0.149. The molecule has 53 valence electrons. The van der Waals surface area contributed by atoms with Crippen molar-refractivity contribution < 1.29 is 15.3 Å². The van der Waals surface area contributed by atoms with Gasteiger partial charge in [0.25, 0.3) is 0 Å². The Kier molecular flexibility index (Phi) is 1.75. The third-order valence-corrected chi connectivity index (χ3v) is 1.77. The fourth-order valence-electron chi connectivity index (χ4n) is 1.07. The Labute approximate surface area is 53.9 Å². The molecule has 0 bridgehead atoms. The summed E-state index contributed by atoms with van der Waals surface area (Å²) in [5.41, 5.74) is 0. The summed E-state index contributed by atoms with van der Waals surface area (Å²) in [6, 6.07) is 0. The lowest BCUT2D eigenvalue weighted by atomic mass is 10.0. The van der Waals surface area contributed by atoms with Crippen LogP contribution < -0.4 is 0 Å². The fraction of sp³-hybridized carbons (Fsp3) is 0.833. The van der Waals surface area contributed by atoms with Crippen molar-refractivity contribution in [1.29, 1.82) is 0 Å². The fourth-order valence-corrected chi connectivity index (χ4v) is 1.07. The van der Waals surface area contributed by atoms with Gasteiger partial charge in [0.1, 0.15) is 0 Å².